The molecule has 3 aromatic heterocycles. The van der Waals surface area contributed by atoms with Gasteiger partial charge in [0.05, 0.1) is 17.1 Å². The van der Waals surface area contributed by atoms with Crippen molar-refractivity contribution in [3.63, 3.8) is 0 Å². The van der Waals surface area contributed by atoms with Crippen molar-refractivity contribution in [1.29, 1.82) is 0 Å². The van der Waals surface area contributed by atoms with E-state index in [4.69, 9.17) is 0 Å². The first-order valence-corrected chi connectivity index (χ1v) is 11.5. The number of pyridine rings is 3. The Morgan fingerprint density at radius 2 is 1.13 bits per heavy atom. The van der Waals surface area contributed by atoms with Crippen LogP contribution < -0.4 is 5.32 Å². The van der Waals surface area contributed by atoms with Crippen molar-refractivity contribution in [3.8, 4) is 0 Å². The minimum Gasteiger partial charge on any atom is -0.310 e. The summed E-state index contributed by atoms with van der Waals surface area (Å²) in [5.41, 5.74) is 7.42. The van der Waals surface area contributed by atoms with Crippen molar-refractivity contribution >= 4 is 0 Å². The number of aromatic nitrogens is 3. The van der Waals surface area contributed by atoms with E-state index in [1.807, 2.05) is 36.8 Å². The number of rotatable bonds is 12. The zero-order chi connectivity index (χ0) is 21.9. The summed E-state index contributed by atoms with van der Waals surface area (Å²) < 4.78 is 0. The van der Waals surface area contributed by atoms with Gasteiger partial charge < -0.3 is 5.32 Å². The van der Waals surface area contributed by atoms with E-state index in [0.29, 0.717) is 0 Å². The highest BCUT2D eigenvalue weighted by molar-refractivity contribution is 5.22. The first-order chi connectivity index (χ1) is 15.2. The van der Waals surface area contributed by atoms with E-state index in [1.54, 1.807) is 0 Å². The van der Waals surface area contributed by atoms with E-state index in [-0.39, 0.29) is 0 Å². The molecule has 0 aliphatic rings. The van der Waals surface area contributed by atoms with Crippen LogP contribution in [0.5, 0.6) is 0 Å². The van der Waals surface area contributed by atoms with Crippen LogP contribution in [0.3, 0.4) is 0 Å². The summed E-state index contributed by atoms with van der Waals surface area (Å²) in [7, 11) is 0. The average Bonchev–Trinajstić information content (AvgIpc) is 2.82. The van der Waals surface area contributed by atoms with E-state index in [1.165, 1.54) is 16.7 Å². The van der Waals surface area contributed by atoms with Crippen molar-refractivity contribution in [2.75, 3.05) is 13.1 Å². The van der Waals surface area contributed by atoms with Crippen molar-refractivity contribution in [3.05, 3.63) is 88.8 Å². The second-order valence-corrected chi connectivity index (χ2v) is 7.78. The molecule has 164 valence electrons. The molecule has 0 saturated heterocycles. The number of nitrogens with one attached hydrogen (secondary N) is 1. The van der Waals surface area contributed by atoms with Crippen LogP contribution in [0, 0.1) is 0 Å². The third-order valence-corrected chi connectivity index (χ3v) is 5.74. The van der Waals surface area contributed by atoms with Gasteiger partial charge in [0.25, 0.3) is 0 Å². The van der Waals surface area contributed by atoms with Crippen LogP contribution in [0.1, 0.15) is 54.5 Å². The molecule has 1 N–H and O–H groups in total. The van der Waals surface area contributed by atoms with Crippen molar-refractivity contribution < 1.29 is 0 Å². The normalized spacial score (nSPS) is 11.2. The standard InChI is InChI=1S/C26H35N5/c1-4-21-10-7-13-28-24(21)18-27-16-17-31(19-25-22(5-2)11-8-14-29-25)20-26-23(6-3)12-9-15-30-26/h7-15,27H,4-6,16-20H2,1-3H3. The SMILES string of the molecule is CCc1cccnc1CNCCN(Cc1ncccc1CC)Cc1ncccc1CC. The summed E-state index contributed by atoms with van der Waals surface area (Å²) in [6.07, 6.45) is 8.68. The Labute approximate surface area is 187 Å². The lowest BCUT2D eigenvalue weighted by Gasteiger charge is -2.24. The lowest BCUT2D eigenvalue weighted by Crippen LogP contribution is -2.32. The number of nitrogens with zero attached hydrogens (tertiary/aromatic N) is 4. The van der Waals surface area contributed by atoms with Gasteiger partial charge in [-0.15, -0.1) is 0 Å². The lowest BCUT2D eigenvalue weighted by molar-refractivity contribution is 0.248. The maximum Gasteiger partial charge on any atom is 0.0575 e. The molecule has 0 unspecified atom stereocenters. The molecule has 31 heavy (non-hydrogen) atoms. The summed E-state index contributed by atoms with van der Waals surface area (Å²) in [6.45, 7) is 10.8. The monoisotopic (exact) mass is 417 g/mol. The molecule has 0 aliphatic heterocycles. The van der Waals surface area contributed by atoms with Gasteiger partial charge in [0, 0.05) is 51.3 Å². The summed E-state index contributed by atoms with van der Waals surface area (Å²) in [4.78, 5) is 16.4. The second-order valence-electron chi connectivity index (χ2n) is 7.78. The molecule has 0 amide bonds. The van der Waals surface area contributed by atoms with Crippen LogP contribution in [0.2, 0.25) is 0 Å². The predicted molar refractivity (Wildman–Crippen MR) is 127 cm³/mol. The molecule has 5 nitrogen and oxygen atoms in total. The van der Waals surface area contributed by atoms with Crippen LogP contribution in [-0.2, 0) is 38.9 Å². The molecule has 0 spiro atoms. The number of hydrogen-bond donors (Lipinski definition) is 1. The molecule has 0 aromatic carbocycles. The smallest absolute Gasteiger partial charge is 0.0575 e. The fraction of sp³-hybridized carbons (Fsp3) is 0.423. The summed E-state index contributed by atoms with van der Waals surface area (Å²) >= 11 is 0. The topological polar surface area (TPSA) is 53.9 Å². The maximum absolute atomic E-state index is 4.68. The van der Waals surface area contributed by atoms with E-state index in [9.17, 15) is 0 Å². The zero-order valence-electron chi connectivity index (χ0n) is 19.1. The number of aryl methyl sites for hydroxylation is 3. The number of hydrogen-bond acceptors (Lipinski definition) is 5. The molecule has 0 aliphatic carbocycles. The van der Waals surface area contributed by atoms with E-state index in [0.717, 1.165) is 69.1 Å². The minimum atomic E-state index is 0.797. The van der Waals surface area contributed by atoms with Gasteiger partial charge in [0.15, 0.2) is 0 Å². The molecule has 0 saturated carbocycles. The zero-order valence-corrected chi connectivity index (χ0v) is 19.1. The minimum absolute atomic E-state index is 0.797. The third-order valence-electron chi connectivity index (χ3n) is 5.74. The highest BCUT2D eigenvalue weighted by Crippen LogP contribution is 2.14. The Bertz CT molecular complexity index is 891. The quantitative estimate of drug-likeness (QED) is 0.444. The first-order valence-electron chi connectivity index (χ1n) is 11.5. The first kappa shape index (κ1) is 23.0. The van der Waals surface area contributed by atoms with E-state index < -0.39 is 0 Å². The summed E-state index contributed by atoms with van der Waals surface area (Å²) in [6, 6.07) is 12.6. The van der Waals surface area contributed by atoms with Gasteiger partial charge in [0.1, 0.15) is 0 Å². The van der Waals surface area contributed by atoms with Gasteiger partial charge in [-0.3, -0.25) is 19.9 Å². The summed E-state index contributed by atoms with van der Waals surface area (Å²) in [5.74, 6) is 0. The Morgan fingerprint density at radius 1 is 0.677 bits per heavy atom. The van der Waals surface area contributed by atoms with Crippen molar-refractivity contribution in [2.45, 2.75) is 59.7 Å². The highest BCUT2D eigenvalue weighted by atomic mass is 15.2. The van der Waals surface area contributed by atoms with Gasteiger partial charge in [-0.1, -0.05) is 39.0 Å². The van der Waals surface area contributed by atoms with Crippen LogP contribution in [0.25, 0.3) is 0 Å². The van der Waals surface area contributed by atoms with Crippen LogP contribution in [-0.4, -0.2) is 32.9 Å². The molecule has 3 aromatic rings. The fourth-order valence-electron chi connectivity index (χ4n) is 3.91. The van der Waals surface area contributed by atoms with E-state index >= 15 is 0 Å². The van der Waals surface area contributed by atoms with E-state index in [2.05, 4.69) is 64.1 Å². The van der Waals surface area contributed by atoms with Gasteiger partial charge in [-0.05, 0) is 54.2 Å². The Balaban J connectivity index is 1.67. The van der Waals surface area contributed by atoms with Gasteiger partial charge in [-0.25, -0.2) is 0 Å². The molecular formula is C26H35N5. The van der Waals surface area contributed by atoms with Gasteiger partial charge >= 0.3 is 0 Å². The van der Waals surface area contributed by atoms with Gasteiger partial charge in [-0.2, -0.15) is 0 Å². The fourth-order valence-corrected chi connectivity index (χ4v) is 3.91. The Hall–Kier alpha value is -2.63. The molecule has 0 atom stereocenters. The molecule has 5 heteroatoms. The third kappa shape index (κ3) is 6.68. The molecule has 0 bridgehead atoms. The predicted octanol–water partition coefficient (Wildman–Crippen LogP) is 4.35. The highest BCUT2D eigenvalue weighted by Gasteiger charge is 2.13. The Morgan fingerprint density at radius 3 is 1.61 bits per heavy atom. The molecular weight excluding hydrogens is 382 g/mol. The van der Waals surface area contributed by atoms with Crippen molar-refractivity contribution in [1.82, 2.24) is 25.2 Å². The summed E-state index contributed by atoms with van der Waals surface area (Å²) in [5, 5.41) is 3.59. The second kappa shape index (κ2) is 12.3. The van der Waals surface area contributed by atoms with Crippen LogP contribution >= 0.6 is 0 Å². The van der Waals surface area contributed by atoms with Crippen LogP contribution in [0.15, 0.2) is 55.0 Å². The Kier molecular flexibility index (Phi) is 9.13. The maximum atomic E-state index is 4.68. The van der Waals surface area contributed by atoms with Crippen molar-refractivity contribution in [2.24, 2.45) is 0 Å². The molecule has 0 fully saturated rings. The van der Waals surface area contributed by atoms with Crippen LogP contribution in [0.4, 0.5) is 0 Å². The molecule has 3 heterocycles. The average molecular weight is 418 g/mol. The lowest BCUT2D eigenvalue weighted by atomic mass is 10.1. The largest absolute Gasteiger partial charge is 0.310 e. The van der Waals surface area contributed by atoms with Gasteiger partial charge in [0.2, 0.25) is 0 Å². The molecule has 0 radical (unpaired) electrons. The molecule has 3 rings (SSSR count).